The van der Waals surface area contributed by atoms with Gasteiger partial charge in [-0.25, -0.2) is 4.98 Å². The lowest BCUT2D eigenvalue weighted by Gasteiger charge is -2.07. The second-order valence-corrected chi connectivity index (χ2v) is 5.17. The van der Waals surface area contributed by atoms with Crippen LogP contribution in [0.4, 0.5) is 0 Å². The van der Waals surface area contributed by atoms with Crippen LogP contribution >= 0.6 is 11.3 Å². The number of aromatic nitrogens is 1. The number of nitrogens with zero attached hydrogens (tertiary/aromatic N) is 2. The zero-order chi connectivity index (χ0) is 13.0. The van der Waals surface area contributed by atoms with Crippen molar-refractivity contribution in [1.29, 1.82) is 5.26 Å². The fourth-order valence-electron chi connectivity index (χ4n) is 1.39. The molecule has 0 aliphatic heterocycles. The topological polar surface area (TPSA) is 65.8 Å². The molecule has 0 aromatic carbocycles. The van der Waals surface area contributed by atoms with E-state index in [1.54, 1.807) is 13.0 Å². The number of nitrogens with one attached hydrogen (secondary N) is 1. The van der Waals surface area contributed by atoms with Gasteiger partial charge in [-0.3, -0.25) is 4.79 Å². The number of amides is 1. The Hall–Kier alpha value is -1.67. The molecule has 1 amide bonds. The molecule has 1 atom stereocenters. The van der Waals surface area contributed by atoms with Crippen molar-refractivity contribution in [3.63, 3.8) is 0 Å². The van der Waals surface area contributed by atoms with Crippen LogP contribution in [0.5, 0.6) is 0 Å². The van der Waals surface area contributed by atoms with Crippen LogP contribution in [0.3, 0.4) is 0 Å². The third kappa shape index (κ3) is 3.68. The van der Waals surface area contributed by atoms with Crippen molar-refractivity contribution in [2.24, 2.45) is 0 Å². The first-order valence-electron chi connectivity index (χ1n) is 5.23. The summed E-state index contributed by atoms with van der Waals surface area (Å²) in [6.07, 6.45) is 1.72. The van der Waals surface area contributed by atoms with Gasteiger partial charge >= 0.3 is 0 Å². The number of rotatable bonds is 3. The minimum atomic E-state index is -0.589. The molecule has 0 radical (unpaired) electrons. The highest BCUT2D eigenvalue weighted by Gasteiger charge is 2.16. The van der Waals surface area contributed by atoms with Gasteiger partial charge in [0, 0.05) is 0 Å². The van der Waals surface area contributed by atoms with Crippen LogP contribution in [-0.2, 0) is 0 Å². The van der Waals surface area contributed by atoms with Gasteiger partial charge in [0.2, 0.25) is 0 Å². The summed E-state index contributed by atoms with van der Waals surface area (Å²) < 4.78 is 0. The number of allylic oxidation sites excluding steroid dienone is 1. The Bertz CT molecular complexity index is 492. The van der Waals surface area contributed by atoms with Crippen LogP contribution in [0.15, 0.2) is 11.6 Å². The van der Waals surface area contributed by atoms with Crippen molar-refractivity contribution in [2.75, 3.05) is 0 Å². The minimum Gasteiger partial charge on any atom is -0.332 e. The molecular weight excluding hydrogens is 234 g/mol. The normalized spacial score (nSPS) is 11.5. The molecule has 5 heteroatoms. The van der Waals surface area contributed by atoms with Crippen molar-refractivity contribution in [2.45, 2.75) is 33.7 Å². The van der Waals surface area contributed by atoms with Gasteiger partial charge in [0.1, 0.15) is 10.9 Å². The Morgan fingerprint density at radius 2 is 2.18 bits per heavy atom. The third-order valence-electron chi connectivity index (χ3n) is 2.04. The maximum absolute atomic E-state index is 11.9. The Morgan fingerprint density at radius 3 is 2.59 bits per heavy atom. The standard InChI is InChI=1S/C12H15N3OS/c1-7(2)5-10(6-13)15-12(16)11-8(3)14-9(4)17-11/h5,10H,1-4H3,(H,15,16). The SMILES string of the molecule is CC(C)=CC(C#N)NC(=O)c1sc(C)nc1C. The highest BCUT2D eigenvalue weighted by molar-refractivity contribution is 7.13. The van der Waals surface area contributed by atoms with E-state index in [-0.39, 0.29) is 5.91 Å². The first kappa shape index (κ1) is 13.4. The molecule has 0 aliphatic rings. The van der Waals surface area contributed by atoms with Gasteiger partial charge in [0.05, 0.1) is 16.8 Å². The summed E-state index contributed by atoms with van der Waals surface area (Å²) in [6.45, 7) is 7.42. The Labute approximate surface area is 105 Å². The number of hydrogen-bond donors (Lipinski definition) is 1. The zero-order valence-corrected chi connectivity index (χ0v) is 11.2. The van der Waals surface area contributed by atoms with Crippen molar-refractivity contribution in [3.05, 3.63) is 27.2 Å². The first-order valence-corrected chi connectivity index (χ1v) is 6.05. The molecule has 0 saturated heterocycles. The van der Waals surface area contributed by atoms with Crippen molar-refractivity contribution in [3.8, 4) is 6.07 Å². The molecule has 1 aromatic rings. The highest BCUT2D eigenvalue weighted by Crippen LogP contribution is 2.16. The molecular formula is C12H15N3OS. The van der Waals surface area contributed by atoms with Crippen LogP contribution in [0, 0.1) is 25.2 Å². The lowest BCUT2D eigenvalue weighted by molar-refractivity contribution is 0.0954. The van der Waals surface area contributed by atoms with Gasteiger partial charge in [0.15, 0.2) is 0 Å². The van der Waals surface area contributed by atoms with Gasteiger partial charge in [0.25, 0.3) is 5.91 Å². The predicted octanol–water partition coefficient (Wildman–Crippen LogP) is 2.35. The number of aryl methyl sites for hydroxylation is 2. The molecule has 1 N–H and O–H groups in total. The van der Waals surface area contributed by atoms with Crippen molar-refractivity contribution >= 4 is 17.2 Å². The van der Waals surface area contributed by atoms with Crippen LogP contribution in [0.25, 0.3) is 0 Å². The van der Waals surface area contributed by atoms with Crippen molar-refractivity contribution in [1.82, 2.24) is 10.3 Å². The second-order valence-electron chi connectivity index (χ2n) is 3.97. The lowest BCUT2D eigenvalue weighted by Crippen LogP contribution is -2.32. The predicted molar refractivity (Wildman–Crippen MR) is 67.9 cm³/mol. The van der Waals surface area contributed by atoms with E-state index in [9.17, 15) is 4.79 Å². The number of thiazole rings is 1. The number of carbonyl (C=O) groups is 1. The van der Waals surface area contributed by atoms with E-state index < -0.39 is 6.04 Å². The summed E-state index contributed by atoms with van der Waals surface area (Å²) in [5.74, 6) is -0.239. The summed E-state index contributed by atoms with van der Waals surface area (Å²) in [7, 11) is 0. The average Bonchev–Trinajstić information content (AvgIpc) is 2.56. The molecule has 90 valence electrons. The molecule has 0 bridgehead atoms. The van der Waals surface area contributed by atoms with Crippen LogP contribution in [0.1, 0.15) is 34.2 Å². The maximum Gasteiger partial charge on any atom is 0.264 e. The van der Waals surface area contributed by atoms with Gasteiger partial charge in [-0.15, -0.1) is 11.3 Å². The molecule has 1 unspecified atom stereocenters. The van der Waals surface area contributed by atoms with E-state index in [1.807, 2.05) is 26.8 Å². The summed E-state index contributed by atoms with van der Waals surface area (Å²) in [5, 5.41) is 12.4. The Morgan fingerprint density at radius 1 is 1.53 bits per heavy atom. The Kier molecular flexibility index (Phi) is 4.41. The minimum absolute atomic E-state index is 0.239. The van der Waals surface area contributed by atoms with Gasteiger partial charge < -0.3 is 5.32 Å². The zero-order valence-electron chi connectivity index (χ0n) is 10.4. The van der Waals surface area contributed by atoms with E-state index >= 15 is 0 Å². The summed E-state index contributed by atoms with van der Waals surface area (Å²) in [5.41, 5.74) is 1.70. The molecule has 1 rings (SSSR count). The molecule has 0 saturated carbocycles. The quantitative estimate of drug-likeness (QED) is 0.836. The number of nitriles is 1. The summed E-state index contributed by atoms with van der Waals surface area (Å²) in [4.78, 5) is 16.7. The monoisotopic (exact) mass is 249 g/mol. The molecule has 0 aliphatic carbocycles. The molecule has 17 heavy (non-hydrogen) atoms. The van der Waals surface area contributed by atoms with E-state index in [0.29, 0.717) is 10.6 Å². The van der Waals surface area contributed by atoms with Gasteiger partial charge in [-0.1, -0.05) is 5.57 Å². The fraction of sp³-hybridized carbons (Fsp3) is 0.417. The number of carbonyl (C=O) groups excluding carboxylic acids is 1. The first-order chi connectivity index (χ1) is 7.93. The molecule has 0 spiro atoms. The van der Waals surface area contributed by atoms with E-state index in [2.05, 4.69) is 10.3 Å². The van der Waals surface area contributed by atoms with Gasteiger partial charge in [-0.05, 0) is 33.8 Å². The maximum atomic E-state index is 11.9. The van der Waals surface area contributed by atoms with Crippen LogP contribution in [-0.4, -0.2) is 16.9 Å². The van der Waals surface area contributed by atoms with Crippen LogP contribution < -0.4 is 5.32 Å². The molecule has 4 nitrogen and oxygen atoms in total. The highest BCUT2D eigenvalue weighted by atomic mass is 32.1. The summed E-state index contributed by atoms with van der Waals surface area (Å²) >= 11 is 1.34. The molecule has 0 fully saturated rings. The lowest BCUT2D eigenvalue weighted by atomic mass is 10.2. The third-order valence-corrected chi connectivity index (χ3v) is 3.11. The fourth-order valence-corrected chi connectivity index (χ4v) is 2.22. The number of hydrogen-bond acceptors (Lipinski definition) is 4. The second kappa shape index (κ2) is 5.60. The molecule has 1 heterocycles. The van der Waals surface area contributed by atoms with E-state index in [1.165, 1.54) is 11.3 Å². The van der Waals surface area contributed by atoms with E-state index in [4.69, 9.17) is 5.26 Å². The van der Waals surface area contributed by atoms with E-state index in [0.717, 1.165) is 10.6 Å². The largest absolute Gasteiger partial charge is 0.332 e. The Balaban J connectivity index is 2.83. The van der Waals surface area contributed by atoms with Crippen LogP contribution in [0.2, 0.25) is 0 Å². The van der Waals surface area contributed by atoms with Crippen molar-refractivity contribution < 1.29 is 4.79 Å². The smallest absolute Gasteiger partial charge is 0.264 e. The molecule has 1 aromatic heterocycles. The average molecular weight is 249 g/mol. The summed E-state index contributed by atoms with van der Waals surface area (Å²) in [6, 6.07) is 1.45. The van der Waals surface area contributed by atoms with Gasteiger partial charge in [-0.2, -0.15) is 5.26 Å².